The normalized spacial score (nSPS) is 16.8. The van der Waals surface area contributed by atoms with Gasteiger partial charge in [0.1, 0.15) is 5.82 Å². The third-order valence-electron chi connectivity index (χ3n) is 4.03. The van der Waals surface area contributed by atoms with Crippen molar-refractivity contribution in [3.05, 3.63) is 34.1 Å². The molecule has 0 aliphatic carbocycles. The molecule has 1 heterocycles. The second-order valence-electron chi connectivity index (χ2n) is 5.61. The molecule has 2 rings (SSSR count). The highest BCUT2D eigenvalue weighted by atomic mass is 79.9. The first kappa shape index (κ1) is 17.9. The van der Waals surface area contributed by atoms with Crippen LogP contribution >= 0.6 is 15.9 Å². The Hall–Kier alpha value is -1.47. The van der Waals surface area contributed by atoms with Crippen molar-refractivity contribution in [2.24, 2.45) is 11.8 Å². The molecule has 1 saturated heterocycles. The van der Waals surface area contributed by atoms with Gasteiger partial charge in [0, 0.05) is 24.2 Å². The number of carboxylic acids is 1. The van der Waals surface area contributed by atoms with Gasteiger partial charge in [0.15, 0.2) is 0 Å². The molecule has 1 unspecified atom stereocenters. The van der Waals surface area contributed by atoms with Gasteiger partial charge in [0.05, 0.1) is 12.3 Å². The standard InChI is InChI=1S/C16H19BrFNO4/c17-14-2-1-12(18)7-11(14)8-15(20)19-9-13(16(21)22)10-3-5-23-6-4-10/h1-2,7,10,13H,3-6,8-9H2,(H,19,20)(H,21,22). The van der Waals surface area contributed by atoms with Crippen molar-refractivity contribution >= 4 is 27.8 Å². The Kier molecular flexibility index (Phi) is 6.53. The molecular formula is C16H19BrFNO4. The average molecular weight is 388 g/mol. The number of carbonyl (C=O) groups is 2. The monoisotopic (exact) mass is 387 g/mol. The van der Waals surface area contributed by atoms with Crippen LogP contribution < -0.4 is 5.32 Å². The van der Waals surface area contributed by atoms with Crippen molar-refractivity contribution in [1.29, 1.82) is 0 Å². The maximum Gasteiger partial charge on any atom is 0.308 e. The summed E-state index contributed by atoms with van der Waals surface area (Å²) in [5.41, 5.74) is 0.528. The summed E-state index contributed by atoms with van der Waals surface area (Å²) < 4.78 is 19.1. The number of carbonyl (C=O) groups excluding carboxylic acids is 1. The molecule has 1 aliphatic heterocycles. The molecule has 7 heteroatoms. The van der Waals surface area contributed by atoms with Crippen LogP contribution in [-0.2, 0) is 20.7 Å². The largest absolute Gasteiger partial charge is 0.481 e. The van der Waals surface area contributed by atoms with E-state index in [2.05, 4.69) is 21.2 Å². The molecule has 5 nitrogen and oxygen atoms in total. The lowest BCUT2D eigenvalue weighted by Crippen LogP contribution is -2.39. The van der Waals surface area contributed by atoms with Crippen molar-refractivity contribution < 1.29 is 23.8 Å². The van der Waals surface area contributed by atoms with Gasteiger partial charge in [0.25, 0.3) is 0 Å². The fourth-order valence-electron chi connectivity index (χ4n) is 2.71. The van der Waals surface area contributed by atoms with Gasteiger partial charge in [0.2, 0.25) is 5.91 Å². The Balaban J connectivity index is 1.91. The number of halogens is 2. The molecule has 1 aromatic rings. The Labute approximate surface area is 142 Å². The predicted molar refractivity (Wildman–Crippen MR) is 85.5 cm³/mol. The van der Waals surface area contributed by atoms with Gasteiger partial charge >= 0.3 is 5.97 Å². The van der Waals surface area contributed by atoms with Crippen LogP contribution in [0.3, 0.4) is 0 Å². The fraction of sp³-hybridized carbons (Fsp3) is 0.500. The molecule has 1 amide bonds. The number of hydrogen-bond donors (Lipinski definition) is 2. The third kappa shape index (κ3) is 5.28. The second kappa shape index (κ2) is 8.40. The highest BCUT2D eigenvalue weighted by molar-refractivity contribution is 9.10. The Morgan fingerprint density at radius 2 is 2.09 bits per heavy atom. The van der Waals surface area contributed by atoms with Crippen LogP contribution in [0.15, 0.2) is 22.7 Å². The summed E-state index contributed by atoms with van der Waals surface area (Å²) in [4.78, 5) is 23.4. The first-order valence-corrected chi connectivity index (χ1v) is 8.28. The summed E-state index contributed by atoms with van der Waals surface area (Å²) in [7, 11) is 0. The smallest absolute Gasteiger partial charge is 0.308 e. The molecule has 0 saturated carbocycles. The average Bonchev–Trinajstić information content (AvgIpc) is 2.52. The van der Waals surface area contributed by atoms with Gasteiger partial charge < -0.3 is 15.2 Å². The predicted octanol–water partition coefficient (Wildman–Crippen LogP) is 2.37. The van der Waals surface area contributed by atoms with E-state index in [1.165, 1.54) is 12.1 Å². The van der Waals surface area contributed by atoms with E-state index < -0.39 is 17.7 Å². The number of nitrogens with one attached hydrogen (secondary N) is 1. The molecule has 2 N–H and O–H groups in total. The Bertz CT molecular complexity index is 575. The molecule has 1 aromatic carbocycles. The van der Waals surface area contributed by atoms with Crippen LogP contribution in [0.25, 0.3) is 0 Å². The number of rotatable bonds is 6. The van der Waals surface area contributed by atoms with Crippen LogP contribution in [-0.4, -0.2) is 36.7 Å². The number of ether oxygens (including phenoxy) is 1. The summed E-state index contributed by atoms with van der Waals surface area (Å²) >= 11 is 3.27. The lowest BCUT2D eigenvalue weighted by atomic mass is 9.86. The van der Waals surface area contributed by atoms with Crippen LogP contribution in [0.1, 0.15) is 18.4 Å². The van der Waals surface area contributed by atoms with Crippen LogP contribution in [0.4, 0.5) is 4.39 Å². The summed E-state index contributed by atoms with van der Waals surface area (Å²) in [6.45, 7) is 1.18. The van der Waals surface area contributed by atoms with Crippen molar-refractivity contribution in [1.82, 2.24) is 5.32 Å². The van der Waals surface area contributed by atoms with Gasteiger partial charge in [-0.25, -0.2) is 4.39 Å². The number of aliphatic carboxylic acids is 1. The molecule has 0 bridgehead atoms. The first-order chi connectivity index (χ1) is 11.0. The van der Waals surface area contributed by atoms with E-state index in [0.717, 1.165) is 0 Å². The number of hydrogen-bond acceptors (Lipinski definition) is 3. The molecular weight excluding hydrogens is 369 g/mol. The number of benzene rings is 1. The van der Waals surface area contributed by atoms with Gasteiger partial charge in [-0.3, -0.25) is 9.59 Å². The molecule has 0 spiro atoms. The summed E-state index contributed by atoms with van der Waals surface area (Å²) in [6, 6.07) is 4.13. The number of amides is 1. The van der Waals surface area contributed by atoms with E-state index in [1.54, 1.807) is 6.07 Å². The van der Waals surface area contributed by atoms with Gasteiger partial charge in [-0.2, -0.15) is 0 Å². The minimum Gasteiger partial charge on any atom is -0.481 e. The topological polar surface area (TPSA) is 75.6 Å². The van der Waals surface area contributed by atoms with Gasteiger partial charge in [-0.15, -0.1) is 0 Å². The minimum atomic E-state index is -0.913. The van der Waals surface area contributed by atoms with E-state index >= 15 is 0 Å². The molecule has 23 heavy (non-hydrogen) atoms. The molecule has 1 fully saturated rings. The van der Waals surface area contributed by atoms with E-state index in [4.69, 9.17) is 4.74 Å². The Morgan fingerprint density at radius 3 is 2.74 bits per heavy atom. The minimum absolute atomic E-state index is 0.00153. The summed E-state index contributed by atoms with van der Waals surface area (Å²) in [5.74, 6) is -2.28. The first-order valence-electron chi connectivity index (χ1n) is 7.48. The molecule has 126 valence electrons. The SMILES string of the molecule is O=C(Cc1cc(F)ccc1Br)NCC(C(=O)O)C1CCOCC1. The summed E-state index contributed by atoms with van der Waals surface area (Å²) in [6.07, 6.45) is 1.36. The van der Waals surface area contributed by atoms with E-state index in [-0.39, 0.29) is 24.8 Å². The molecule has 1 aliphatic rings. The zero-order chi connectivity index (χ0) is 16.8. The Morgan fingerprint density at radius 1 is 1.39 bits per heavy atom. The lowest BCUT2D eigenvalue weighted by Gasteiger charge is -2.27. The zero-order valence-electron chi connectivity index (χ0n) is 12.6. The maximum absolute atomic E-state index is 13.2. The van der Waals surface area contributed by atoms with Crippen LogP contribution in [0.2, 0.25) is 0 Å². The lowest BCUT2D eigenvalue weighted by molar-refractivity contribution is -0.144. The van der Waals surface area contributed by atoms with Crippen LogP contribution in [0.5, 0.6) is 0 Å². The molecule has 0 aromatic heterocycles. The maximum atomic E-state index is 13.2. The second-order valence-corrected chi connectivity index (χ2v) is 6.47. The summed E-state index contributed by atoms with van der Waals surface area (Å²) in [5, 5.41) is 12.0. The van der Waals surface area contributed by atoms with Gasteiger partial charge in [-0.05, 0) is 42.5 Å². The number of carboxylic acid groups (broad SMARTS) is 1. The van der Waals surface area contributed by atoms with Crippen molar-refractivity contribution in [2.75, 3.05) is 19.8 Å². The quantitative estimate of drug-likeness (QED) is 0.785. The molecule has 1 atom stereocenters. The van der Waals surface area contributed by atoms with E-state index in [9.17, 15) is 19.1 Å². The highest BCUT2D eigenvalue weighted by Gasteiger charge is 2.30. The van der Waals surface area contributed by atoms with Crippen molar-refractivity contribution in [2.45, 2.75) is 19.3 Å². The third-order valence-corrected chi connectivity index (χ3v) is 4.80. The highest BCUT2D eigenvalue weighted by Crippen LogP contribution is 2.24. The van der Waals surface area contributed by atoms with Gasteiger partial charge in [-0.1, -0.05) is 15.9 Å². The van der Waals surface area contributed by atoms with E-state index in [1.807, 2.05) is 0 Å². The zero-order valence-corrected chi connectivity index (χ0v) is 14.1. The van der Waals surface area contributed by atoms with Crippen LogP contribution in [0, 0.1) is 17.7 Å². The van der Waals surface area contributed by atoms with Crippen molar-refractivity contribution in [3.8, 4) is 0 Å². The van der Waals surface area contributed by atoms with Crippen molar-refractivity contribution in [3.63, 3.8) is 0 Å². The fourth-order valence-corrected chi connectivity index (χ4v) is 3.10. The molecule has 0 radical (unpaired) electrons. The van der Waals surface area contributed by atoms with E-state index in [0.29, 0.717) is 36.1 Å².